The molecule has 2 atom stereocenters. The van der Waals surface area contributed by atoms with Crippen molar-refractivity contribution in [3.05, 3.63) is 0 Å². The van der Waals surface area contributed by atoms with Crippen LogP contribution < -0.4 is 5.32 Å². The maximum Gasteiger partial charge on any atom is 0.235 e. The molecule has 0 aromatic carbocycles. The van der Waals surface area contributed by atoms with Crippen molar-refractivity contribution in [2.24, 2.45) is 11.3 Å². The smallest absolute Gasteiger partial charge is 0.235 e. The van der Waals surface area contributed by atoms with Crippen LogP contribution in [0.15, 0.2) is 0 Å². The molecule has 0 radical (unpaired) electrons. The largest absolute Gasteiger partial charge is 0.352 e. The Morgan fingerprint density at radius 1 is 1.33 bits per heavy atom. The summed E-state index contributed by atoms with van der Waals surface area (Å²) in [5.74, 6) is 0.629. The maximum absolute atomic E-state index is 11.3. The minimum Gasteiger partial charge on any atom is -0.352 e. The van der Waals surface area contributed by atoms with Crippen molar-refractivity contribution in [1.82, 2.24) is 5.32 Å². The topological polar surface area (TPSA) is 29.1 Å². The molecule has 0 bridgehead atoms. The molecule has 15 heavy (non-hydrogen) atoms. The first kappa shape index (κ1) is 12.8. The second-order valence-corrected chi connectivity index (χ2v) is 5.83. The molecule has 0 unspecified atom stereocenters. The number of carbonyl (C=O) groups excluding carboxylic acids is 1. The number of halogens is 1. The third-order valence-electron chi connectivity index (χ3n) is 3.35. The number of hydrogen-bond acceptors (Lipinski definition) is 1. The lowest BCUT2D eigenvalue weighted by Gasteiger charge is -2.40. The zero-order chi connectivity index (χ0) is 11.5. The average molecular weight is 232 g/mol. The first-order chi connectivity index (χ1) is 6.95. The SMILES string of the molecule is CC(C)(C)[C@H]1CCCC[C@H]1NC(=O)CCl. The summed E-state index contributed by atoms with van der Waals surface area (Å²) in [5, 5.41) is 3.05. The van der Waals surface area contributed by atoms with E-state index < -0.39 is 0 Å². The first-order valence-electron chi connectivity index (χ1n) is 5.80. The number of rotatable bonds is 2. The first-order valence-corrected chi connectivity index (χ1v) is 6.34. The van der Waals surface area contributed by atoms with Crippen molar-refractivity contribution >= 4 is 17.5 Å². The predicted octanol–water partition coefficient (Wildman–Crippen LogP) is 2.95. The molecule has 0 heterocycles. The van der Waals surface area contributed by atoms with E-state index in [0.29, 0.717) is 12.0 Å². The Morgan fingerprint density at radius 3 is 2.47 bits per heavy atom. The molecule has 0 spiro atoms. The number of alkyl halides is 1. The van der Waals surface area contributed by atoms with Gasteiger partial charge in [0, 0.05) is 6.04 Å². The Balaban J connectivity index is 2.62. The van der Waals surface area contributed by atoms with Gasteiger partial charge in [0.05, 0.1) is 0 Å². The van der Waals surface area contributed by atoms with Gasteiger partial charge in [-0.05, 0) is 24.2 Å². The van der Waals surface area contributed by atoms with E-state index in [0.717, 1.165) is 6.42 Å². The number of carbonyl (C=O) groups is 1. The summed E-state index contributed by atoms with van der Waals surface area (Å²) in [6.45, 7) is 6.76. The van der Waals surface area contributed by atoms with Crippen LogP contribution in [0.4, 0.5) is 0 Å². The fraction of sp³-hybridized carbons (Fsp3) is 0.917. The average Bonchev–Trinajstić information content (AvgIpc) is 2.17. The molecule has 1 saturated carbocycles. The highest BCUT2D eigenvalue weighted by molar-refractivity contribution is 6.27. The highest BCUT2D eigenvalue weighted by Crippen LogP contribution is 2.37. The van der Waals surface area contributed by atoms with Gasteiger partial charge in [-0.15, -0.1) is 11.6 Å². The molecule has 1 aliphatic rings. The molecule has 0 aliphatic heterocycles. The van der Waals surface area contributed by atoms with E-state index in [2.05, 4.69) is 26.1 Å². The van der Waals surface area contributed by atoms with Crippen LogP contribution in [0.3, 0.4) is 0 Å². The molecule has 1 amide bonds. The number of hydrogen-bond donors (Lipinski definition) is 1. The lowest BCUT2D eigenvalue weighted by Crippen LogP contribution is -2.47. The van der Waals surface area contributed by atoms with Gasteiger partial charge < -0.3 is 5.32 Å². The van der Waals surface area contributed by atoms with Gasteiger partial charge in [0.2, 0.25) is 5.91 Å². The minimum absolute atomic E-state index is 0.0298. The summed E-state index contributed by atoms with van der Waals surface area (Å²) in [4.78, 5) is 11.3. The van der Waals surface area contributed by atoms with Crippen molar-refractivity contribution in [1.29, 1.82) is 0 Å². The van der Waals surface area contributed by atoms with Crippen LogP contribution >= 0.6 is 11.6 Å². The molecule has 0 saturated heterocycles. The van der Waals surface area contributed by atoms with Crippen LogP contribution in [0.5, 0.6) is 0 Å². The molecule has 1 rings (SSSR count). The van der Waals surface area contributed by atoms with Gasteiger partial charge in [-0.3, -0.25) is 4.79 Å². The van der Waals surface area contributed by atoms with Crippen LogP contribution in [0.1, 0.15) is 46.5 Å². The highest BCUT2D eigenvalue weighted by atomic mass is 35.5. The summed E-state index contributed by atoms with van der Waals surface area (Å²) in [5.41, 5.74) is 0.269. The van der Waals surface area contributed by atoms with E-state index >= 15 is 0 Å². The van der Waals surface area contributed by atoms with Gasteiger partial charge in [-0.2, -0.15) is 0 Å². The molecule has 2 nitrogen and oxygen atoms in total. The fourth-order valence-corrected chi connectivity index (χ4v) is 2.66. The quantitative estimate of drug-likeness (QED) is 0.728. The van der Waals surface area contributed by atoms with Gasteiger partial charge >= 0.3 is 0 Å². The van der Waals surface area contributed by atoms with Crippen LogP contribution in [0.2, 0.25) is 0 Å². The van der Waals surface area contributed by atoms with Gasteiger partial charge in [0.25, 0.3) is 0 Å². The van der Waals surface area contributed by atoms with E-state index in [-0.39, 0.29) is 17.2 Å². The Kier molecular flexibility index (Phi) is 4.45. The maximum atomic E-state index is 11.3. The van der Waals surface area contributed by atoms with Gasteiger partial charge in [-0.1, -0.05) is 33.6 Å². The normalized spacial score (nSPS) is 27.5. The molecular formula is C12H22ClNO. The van der Waals surface area contributed by atoms with Crippen molar-refractivity contribution in [3.63, 3.8) is 0 Å². The third-order valence-corrected chi connectivity index (χ3v) is 3.59. The third kappa shape index (κ3) is 3.67. The second-order valence-electron chi connectivity index (χ2n) is 5.56. The van der Waals surface area contributed by atoms with E-state index in [1.807, 2.05) is 0 Å². The lowest BCUT2D eigenvalue weighted by molar-refractivity contribution is -0.120. The van der Waals surface area contributed by atoms with E-state index in [1.54, 1.807) is 0 Å². The zero-order valence-electron chi connectivity index (χ0n) is 9.98. The lowest BCUT2D eigenvalue weighted by atomic mass is 9.69. The van der Waals surface area contributed by atoms with Crippen LogP contribution in [-0.4, -0.2) is 17.8 Å². The van der Waals surface area contributed by atoms with Crippen LogP contribution in [0, 0.1) is 11.3 Å². The van der Waals surface area contributed by atoms with Crippen molar-refractivity contribution in [2.75, 3.05) is 5.88 Å². The molecule has 88 valence electrons. The summed E-state index contributed by atoms with van der Waals surface area (Å²) >= 11 is 5.52. The Labute approximate surface area is 97.8 Å². The molecule has 1 N–H and O–H groups in total. The minimum atomic E-state index is -0.0298. The van der Waals surface area contributed by atoms with Gasteiger partial charge in [0.15, 0.2) is 0 Å². The molecule has 3 heteroatoms. The molecule has 1 aliphatic carbocycles. The summed E-state index contributed by atoms with van der Waals surface area (Å²) in [7, 11) is 0. The molecule has 0 aromatic rings. The Hall–Kier alpha value is -0.240. The predicted molar refractivity (Wildman–Crippen MR) is 64.1 cm³/mol. The second kappa shape index (κ2) is 5.20. The summed E-state index contributed by atoms with van der Waals surface area (Å²) in [6.07, 6.45) is 4.83. The van der Waals surface area contributed by atoms with E-state index in [9.17, 15) is 4.79 Å². The molecule has 1 fully saturated rings. The highest BCUT2D eigenvalue weighted by Gasteiger charge is 2.34. The fourth-order valence-electron chi connectivity index (χ4n) is 2.59. The Bertz CT molecular complexity index is 222. The standard InChI is InChI=1S/C12H22ClNO/c1-12(2,3)9-6-4-5-7-10(9)14-11(15)8-13/h9-10H,4-8H2,1-3H3,(H,14,15)/t9-,10+/m0/s1. The summed E-state index contributed by atoms with van der Waals surface area (Å²) in [6, 6.07) is 0.324. The molecular weight excluding hydrogens is 210 g/mol. The Morgan fingerprint density at radius 2 is 1.93 bits per heavy atom. The zero-order valence-corrected chi connectivity index (χ0v) is 10.7. The van der Waals surface area contributed by atoms with Crippen molar-refractivity contribution in [2.45, 2.75) is 52.5 Å². The number of nitrogens with one attached hydrogen (secondary N) is 1. The summed E-state index contributed by atoms with van der Waals surface area (Å²) < 4.78 is 0. The van der Waals surface area contributed by atoms with E-state index in [4.69, 9.17) is 11.6 Å². The number of amides is 1. The van der Waals surface area contributed by atoms with Gasteiger partial charge in [0.1, 0.15) is 5.88 Å². The molecule has 0 aromatic heterocycles. The van der Waals surface area contributed by atoms with Crippen molar-refractivity contribution < 1.29 is 4.79 Å². The van der Waals surface area contributed by atoms with Crippen LogP contribution in [-0.2, 0) is 4.79 Å². The van der Waals surface area contributed by atoms with Gasteiger partial charge in [-0.25, -0.2) is 0 Å². The monoisotopic (exact) mass is 231 g/mol. The van der Waals surface area contributed by atoms with E-state index in [1.165, 1.54) is 19.3 Å². The van der Waals surface area contributed by atoms with Crippen LogP contribution in [0.25, 0.3) is 0 Å². The van der Waals surface area contributed by atoms with Crippen molar-refractivity contribution in [3.8, 4) is 0 Å².